The molecule has 0 aliphatic carbocycles. The van der Waals surface area contributed by atoms with E-state index in [9.17, 15) is 9.59 Å². The molecule has 1 saturated heterocycles. The van der Waals surface area contributed by atoms with Gasteiger partial charge in [0.2, 0.25) is 0 Å². The molecule has 1 aliphatic heterocycles. The van der Waals surface area contributed by atoms with Crippen LogP contribution in [0.25, 0.3) is 6.08 Å². The van der Waals surface area contributed by atoms with Gasteiger partial charge in [-0.3, -0.25) is 14.5 Å². The fourth-order valence-electron chi connectivity index (χ4n) is 2.42. The van der Waals surface area contributed by atoms with Gasteiger partial charge in [0.25, 0.3) is 11.1 Å². The predicted octanol–water partition coefficient (Wildman–Crippen LogP) is 5.43. The standard InChI is InChI=1S/C21H18BrNO3S/c1-15-5-11-18(12-6-15)26-14-13-23-20(24)19(27-21(23)25)4-2-3-16-7-9-17(22)10-8-16/h2-12H,13-14H2,1H3/b3-2+,19-4-. The molecule has 0 spiro atoms. The highest BCUT2D eigenvalue weighted by Crippen LogP contribution is 2.30. The van der Waals surface area contributed by atoms with Crippen molar-refractivity contribution in [3.05, 3.63) is 81.2 Å². The van der Waals surface area contributed by atoms with E-state index < -0.39 is 0 Å². The molecule has 0 N–H and O–H groups in total. The van der Waals surface area contributed by atoms with E-state index in [-0.39, 0.29) is 24.3 Å². The lowest BCUT2D eigenvalue weighted by atomic mass is 10.2. The van der Waals surface area contributed by atoms with E-state index in [4.69, 9.17) is 4.74 Å². The third-order valence-corrected chi connectivity index (χ3v) is 5.34. The Hall–Kier alpha value is -2.31. The SMILES string of the molecule is Cc1ccc(OCCN2C(=O)S/C(=C\C=C\c3ccc(Br)cc3)C2=O)cc1. The van der Waals surface area contributed by atoms with Crippen molar-refractivity contribution in [1.29, 1.82) is 0 Å². The lowest BCUT2D eigenvalue weighted by Gasteiger charge is -2.13. The number of carbonyl (C=O) groups is 2. The quantitative estimate of drug-likeness (QED) is 0.558. The van der Waals surface area contributed by atoms with Gasteiger partial charge in [-0.25, -0.2) is 0 Å². The molecule has 4 nitrogen and oxygen atoms in total. The van der Waals surface area contributed by atoms with Crippen LogP contribution in [0.4, 0.5) is 4.79 Å². The van der Waals surface area contributed by atoms with E-state index in [0.29, 0.717) is 4.91 Å². The smallest absolute Gasteiger partial charge is 0.293 e. The van der Waals surface area contributed by atoms with Crippen molar-refractivity contribution in [2.45, 2.75) is 6.92 Å². The van der Waals surface area contributed by atoms with Crippen LogP contribution in [0.15, 0.2) is 70.1 Å². The van der Waals surface area contributed by atoms with E-state index >= 15 is 0 Å². The van der Waals surface area contributed by atoms with Gasteiger partial charge in [-0.1, -0.05) is 57.9 Å². The Balaban J connectivity index is 1.55. The van der Waals surface area contributed by atoms with Crippen molar-refractivity contribution < 1.29 is 14.3 Å². The van der Waals surface area contributed by atoms with Crippen LogP contribution in [-0.4, -0.2) is 29.2 Å². The second kappa shape index (κ2) is 9.06. The summed E-state index contributed by atoms with van der Waals surface area (Å²) in [6, 6.07) is 15.5. The second-order valence-corrected chi connectivity index (χ2v) is 7.84. The number of thioether (sulfide) groups is 1. The summed E-state index contributed by atoms with van der Waals surface area (Å²) in [7, 11) is 0. The van der Waals surface area contributed by atoms with Gasteiger partial charge in [-0.2, -0.15) is 0 Å². The van der Waals surface area contributed by atoms with E-state index in [1.807, 2.05) is 61.5 Å². The Kier molecular flexibility index (Phi) is 6.53. The predicted molar refractivity (Wildman–Crippen MR) is 113 cm³/mol. The highest BCUT2D eigenvalue weighted by atomic mass is 79.9. The van der Waals surface area contributed by atoms with E-state index in [1.165, 1.54) is 4.90 Å². The number of benzene rings is 2. The Morgan fingerprint density at radius 2 is 1.78 bits per heavy atom. The highest BCUT2D eigenvalue weighted by Gasteiger charge is 2.34. The zero-order valence-electron chi connectivity index (χ0n) is 14.7. The van der Waals surface area contributed by atoms with Gasteiger partial charge >= 0.3 is 0 Å². The Bertz CT molecular complexity index is 889. The first-order chi connectivity index (χ1) is 13.0. The largest absolute Gasteiger partial charge is 0.492 e. The van der Waals surface area contributed by atoms with E-state index in [0.717, 1.165) is 33.1 Å². The number of nitrogens with zero attached hydrogens (tertiary/aromatic N) is 1. The zero-order valence-corrected chi connectivity index (χ0v) is 17.1. The third kappa shape index (κ3) is 5.34. The Morgan fingerprint density at radius 1 is 1.07 bits per heavy atom. The number of hydrogen-bond donors (Lipinski definition) is 0. The molecular formula is C21H18BrNO3S. The number of imide groups is 1. The summed E-state index contributed by atoms with van der Waals surface area (Å²) in [5.41, 5.74) is 2.16. The Labute approximate surface area is 171 Å². The molecule has 0 atom stereocenters. The van der Waals surface area contributed by atoms with Crippen molar-refractivity contribution in [3.8, 4) is 5.75 Å². The topological polar surface area (TPSA) is 46.6 Å². The summed E-state index contributed by atoms with van der Waals surface area (Å²) in [4.78, 5) is 26.1. The summed E-state index contributed by atoms with van der Waals surface area (Å²) < 4.78 is 6.62. The molecule has 2 aromatic rings. The van der Waals surface area contributed by atoms with Crippen molar-refractivity contribution in [2.75, 3.05) is 13.2 Å². The maximum absolute atomic E-state index is 12.4. The molecule has 2 aromatic carbocycles. The summed E-state index contributed by atoms with van der Waals surface area (Å²) in [5.74, 6) is 0.443. The summed E-state index contributed by atoms with van der Waals surface area (Å²) in [6.07, 6.45) is 5.34. The molecule has 1 heterocycles. The minimum atomic E-state index is -0.280. The fourth-order valence-corrected chi connectivity index (χ4v) is 3.50. The van der Waals surface area contributed by atoms with Gasteiger partial charge in [0.1, 0.15) is 12.4 Å². The fraction of sp³-hybridized carbons (Fsp3) is 0.143. The molecule has 1 fully saturated rings. The number of allylic oxidation sites excluding steroid dienone is 2. The number of rotatable bonds is 6. The van der Waals surface area contributed by atoms with Crippen LogP contribution in [0, 0.1) is 6.92 Å². The first-order valence-corrected chi connectivity index (χ1v) is 10.0. The van der Waals surface area contributed by atoms with Gasteiger partial charge in [0.05, 0.1) is 11.4 Å². The molecule has 3 rings (SSSR count). The summed E-state index contributed by atoms with van der Waals surface area (Å²) in [6.45, 7) is 2.50. The minimum Gasteiger partial charge on any atom is -0.492 e. The van der Waals surface area contributed by atoms with Crippen molar-refractivity contribution in [1.82, 2.24) is 4.90 Å². The van der Waals surface area contributed by atoms with Crippen LogP contribution in [0.3, 0.4) is 0 Å². The average molecular weight is 444 g/mol. The minimum absolute atomic E-state index is 0.228. The second-order valence-electron chi connectivity index (χ2n) is 5.93. The normalized spacial score (nSPS) is 15.9. The Morgan fingerprint density at radius 3 is 2.48 bits per heavy atom. The number of hydrogen-bond acceptors (Lipinski definition) is 4. The van der Waals surface area contributed by atoms with E-state index in [1.54, 1.807) is 12.2 Å². The molecule has 0 radical (unpaired) electrons. The molecular weight excluding hydrogens is 426 g/mol. The van der Waals surface area contributed by atoms with Gasteiger partial charge in [0, 0.05) is 4.47 Å². The number of aryl methyl sites for hydroxylation is 1. The van der Waals surface area contributed by atoms with Crippen LogP contribution in [0.2, 0.25) is 0 Å². The molecule has 0 bridgehead atoms. The maximum atomic E-state index is 12.4. The maximum Gasteiger partial charge on any atom is 0.293 e. The molecule has 0 saturated carbocycles. The monoisotopic (exact) mass is 443 g/mol. The number of halogens is 1. The van der Waals surface area contributed by atoms with Crippen LogP contribution in [0.5, 0.6) is 5.75 Å². The zero-order chi connectivity index (χ0) is 19.2. The van der Waals surface area contributed by atoms with Crippen molar-refractivity contribution >= 4 is 44.9 Å². The molecule has 27 heavy (non-hydrogen) atoms. The summed E-state index contributed by atoms with van der Waals surface area (Å²) >= 11 is 4.34. The highest BCUT2D eigenvalue weighted by molar-refractivity contribution is 9.10. The van der Waals surface area contributed by atoms with E-state index in [2.05, 4.69) is 15.9 Å². The molecule has 2 amide bonds. The number of carbonyl (C=O) groups excluding carboxylic acids is 2. The summed E-state index contributed by atoms with van der Waals surface area (Å²) in [5, 5.41) is -0.268. The first kappa shape index (κ1) is 19.5. The molecule has 138 valence electrons. The third-order valence-electron chi connectivity index (χ3n) is 3.88. The van der Waals surface area contributed by atoms with Crippen LogP contribution in [0.1, 0.15) is 11.1 Å². The average Bonchev–Trinajstić information content (AvgIpc) is 2.92. The van der Waals surface area contributed by atoms with Crippen molar-refractivity contribution in [3.63, 3.8) is 0 Å². The first-order valence-electron chi connectivity index (χ1n) is 8.40. The van der Waals surface area contributed by atoms with Gasteiger partial charge in [-0.15, -0.1) is 0 Å². The molecule has 1 aliphatic rings. The van der Waals surface area contributed by atoms with Gasteiger partial charge in [-0.05, 0) is 54.6 Å². The molecule has 0 aromatic heterocycles. The lowest BCUT2D eigenvalue weighted by Crippen LogP contribution is -2.32. The number of amides is 2. The van der Waals surface area contributed by atoms with Crippen LogP contribution in [-0.2, 0) is 4.79 Å². The van der Waals surface area contributed by atoms with Crippen LogP contribution < -0.4 is 4.74 Å². The number of ether oxygens (including phenoxy) is 1. The van der Waals surface area contributed by atoms with Gasteiger partial charge in [0.15, 0.2) is 0 Å². The van der Waals surface area contributed by atoms with Crippen LogP contribution >= 0.6 is 27.7 Å². The molecule has 6 heteroatoms. The molecule has 0 unspecified atom stereocenters. The van der Waals surface area contributed by atoms with Crippen molar-refractivity contribution in [2.24, 2.45) is 0 Å². The lowest BCUT2D eigenvalue weighted by molar-refractivity contribution is -0.123. The van der Waals surface area contributed by atoms with Gasteiger partial charge < -0.3 is 4.74 Å².